The molecule has 0 radical (unpaired) electrons. The van der Waals surface area contributed by atoms with E-state index in [1.165, 1.54) is 16.6 Å². The number of benzene rings is 1. The van der Waals surface area contributed by atoms with Crippen molar-refractivity contribution >= 4 is 45.1 Å². The molecule has 1 N–H and O–H groups in total. The van der Waals surface area contributed by atoms with E-state index in [9.17, 15) is 14.4 Å². The molecule has 192 valence electrons. The van der Waals surface area contributed by atoms with Gasteiger partial charge in [0.2, 0.25) is 0 Å². The molecule has 0 fully saturated rings. The van der Waals surface area contributed by atoms with Gasteiger partial charge in [0.1, 0.15) is 4.83 Å². The smallest absolute Gasteiger partial charge is 0.340 e. The molecule has 0 saturated heterocycles. The molecule has 0 bridgehead atoms. The highest BCUT2D eigenvalue weighted by molar-refractivity contribution is 7.99. The van der Waals surface area contributed by atoms with Gasteiger partial charge in [-0.25, -0.2) is 9.78 Å². The number of hydrogen-bond acceptors (Lipinski definition) is 7. The normalized spacial score (nSPS) is 15.1. The molecule has 1 aliphatic carbocycles. The van der Waals surface area contributed by atoms with Gasteiger partial charge in [0.05, 0.1) is 34.7 Å². The van der Waals surface area contributed by atoms with Crippen molar-refractivity contribution in [3.63, 3.8) is 0 Å². The van der Waals surface area contributed by atoms with E-state index in [1.54, 1.807) is 36.7 Å². The van der Waals surface area contributed by atoms with Gasteiger partial charge in [-0.3, -0.25) is 14.2 Å². The van der Waals surface area contributed by atoms with Crippen LogP contribution in [0.1, 0.15) is 62.8 Å². The number of rotatable bonds is 7. The van der Waals surface area contributed by atoms with E-state index < -0.39 is 5.97 Å². The summed E-state index contributed by atoms with van der Waals surface area (Å²) in [5.41, 5.74) is 3.72. The SMILES string of the molecule is CCOC(=O)c1c(C)[nH]c(C(=O)CSc2nc3sc4c(c3c(=O)n2-c2ccccc2)CCC(C)C4)c1C. The average Bonchev–Trinajstić information content (AvgIpc) is 3.38. The maximum atomic E-state index is 13.9. The number of aromatic nitrogens is 3. The van der Waals surface area contributed by atoms with Crippen molar-refractivity contribution in [1.82, 2.24) is 14.5 Å². The molecule has 4 aromatic rings. The third-order valence-corrected chi connectivity index (χ3v) is 8.93. The van der Waals surface area contributed by atoms with E-state index in [0.717, 1.165) is 35.3 Å². The topological polar surface area (TPSA) is 94.1 Å². The fourth-order valence-electron chi connectivity index (χ4n) is 5.01. The van der Waals surface area contributed by atoms with Gasteiger partial charge in [-0.2, -0.15) is 0 Å². The number of ether oxygens (including phenoxy) is 1. The van der Waals surface area contributed by atoms with Crippen molar-refractivity contribution in [2.24, 2.45) is 5.92 Å². The van der Waals surface area contributed by atoms with E-state index >= 15 is 0 Å². The predicted molar refractivity (Wildman–Crippen MR) is 148 cm³/mol. The number of H-pyrrole nitrogens is 1. The largest absolute Gasteiger partial charge is 0.462 e. The summed E-state index contributed by atoms with van der Waals surface area (Å²) in [6, 6.07) is 9.44. The van der Waals surface area contributed by atoms with E-state index in [1.807, 2.05) is 30.3 Å². The van der Waals surface area contributed by atoms with E-state index in [4.69, 9.17) is 9.72 Å². The Bertz CT molecular complexity index is 1570. The molecular formula is C28H29N3O4S2. The van der Waals surface area contributed by atoms with Crippen LogP contribution >= 0.6 is 23.1 Å². The Morgan fingerprint density at radius 1 is 1.24 bits per heavy atom. The summed E-state index contributed by atoms with van der Waals surface area (Å²) in [7, 11) is 0. The number of ketones is 1. The Kier molecular flexibility index (Phi) is 7.09. The van der Waals surface area contributed by atoms with Gasteiger partial charge >= 0.3 is 5.97 Å². The van der Waals surface area contributed by atoms with Crippen LogP contribution in [0.5, 0.6) is 0 Å². The summed E-state index contributed by atoms with van der Waals surface area (Å²) in [4.78, 5) is 49.5. The van der Waals surface area contributed by atoms with Crippen LogP contribution in [0.2, 0.25) is 0 Å². The average molecular weight is 536 g/mol. The van der Waals surface area contributed by atoms with Crippen LogP contribution in [0.25, 0.3) is 15.9 Å². The molecule has 1 unspecified atom stereocenters. The van der Waals surface area contributed by atoms with Gasteiger partial charge in [-0.05, 0) is 69.2 Å². The number of nitrogens with one attached hydrogen (secondary N) is 1. The Labute approximate surface area is 223 Å². The van der Waals surface area contributed by atoms with E-state index in [-0.39, 0.29) is 23.7 Å². The van der Waals surface area contributed by atoms with Gasteiger partial charge < -0.3 is 9.72 Å². The number of para-hydroxylation sites is 1. The number of fused-ring (bicyclic) bond motifs is 3. The lowest BCUT2D eigenvalue weighted by Gasteiger charge is -2.17. The first-order chi connectivity index (χ1) is 17.8. The number of thioether (sulfide) groups is 1. The zero-order valence-electron chi connectivity index (χ0n) is 21.3. The first-order valence-corrected chi connectivity index (χ1v) is 14.2. The van der Waals surface area contributed by atoms with Crippen LogP contribution in [0.3, 0.4) is 0 Å². The fraction of sp³-hybridized carbons (Fsp3) is 0.357. The first-order valence-electron chi connectivity index (χ1n) is 12.4. The van der Waals surface area contributed by atoms with Gasteiger partial charge in [-0.15, -0.1) is 11.3 Å². The third-order valence-electron chi connectivity index (χ3n) is 6.84. The summed E-state index contributed by atoms with van der Waals surface area (Å²) < 4.78 is 6.78. The second-order valence-electron chi connectivity index (χ2n) is 9.46. The summed E-state index contributed by atoms with van der Waals surface area (Å²) >= 11 is 2.84. The number of carbonyl (C=O) groups excluding carboxylic acids is 2. The molecule has 5 rings (SSSR count). The molecule has 1 aromatic carbocycles. The number of thiophene rings is 1. The Morgan fingerprint density at radius 3 is 2.73 bits per heavy atom. The number of esters is 1. The lowest BCUT2D eigenvalue weighted by Crippen LogP contribution is -2.23. The molecule has 3 aromatic heterocycles. The first kappa shape index (κ1) is 25.5. The predicted octanol–water partition coefficient (Wildman–Crippen LogP) is 5.67. The van der Waals surface area contributed by atoms with Crippen LogP contribution in [-0.2, 0) is 17.6 Å². The molecule has 0 amide bonds. The highest BCUT2D eigenvalue weighted by atomic mass is 32.2. The highest BCUT2D eigenvalue weighted by Crippen LogP contribution is 2.37. The van der Waals surface area contributed by atoms with E-state index in [0.29, 0.717) is 39.0 Å². The Hall–Kier alpha value is -3.17. The Balaban J connectivity index is 1.53. The number of carbonyl (C=O) groups is 2. The zero-order chi connectivity index (χ0) is 26.3. The van der Waals surface area contributed by atoms with Crippen molar-refractivity contribution in [2.75, 3.05) is 12.4 Å². The van der Waals surface area contributed by atoms with Crippen molar-refractivity contribution in [3.05, 3.63) is 73.6 Å². The summed E-state index contributed by atoms with van der Waals surface area (Å²) in [5, 5.41) is 1.19. The van der Waals surface area contributed by atoms with Crippen molar-refractivity contribution < 1.29 is 14.3 Å². The number of aryl methyl sites for hydroxylation is 2. The minimum Gasteiger partial charge on any atom is -0.462 e. The lowest BCUT2D eigenvalue weighted by molar-refractivity contribution is 0.0525. The van der Waals surface area contributed by atoms with E-state index in [2.05, 4.69) is 11.9 Å². The van der Waals surface area contributed by atoms with Crippen LogP contribution in [0, 0.1) is 19.8 Å². The number of hydrogen-bond donors (Lipinski definition) is 1. The lowest BCUT2D eigenvalue weighted by atomic mass is 9.89. The van der Waals surface area contributed by atoms with Gasteiger partial charge in [0, 0.05) is 10.6 Å². The van der Waals surface area contributed by atoms with Gasteiger partial charge in [0.15, 0.2) is 10.9 Å². The summed E-state index contributed by atoms with van der Waals surface area (Å²) in [6.45, 7) is 7.75. The van der Waals surface area contributed by atoms with Crippen molar-refractivity contribution in [1.29, 1.82) is 0 Å². The second kappa shape index (κ2) is 10.3. The van der Waals surface area contributed by atoms with Crippen molar-refractivity contribution in [2.45, 2.75) is 52.1 Å². The molecule has 0 saturated carbocycles. The van der Waals surface area contributed by atoms with Crippen LogP contribution < -0.4 is 5.56 Å². The second-order valence-corrected chi connectivity index (χ2v) is 11.5. The summed E-state index contributed by atoms with van der Waals surface area (Å²) in [6.07, 6.45) is 2.93. The van der Waals surface area contributed by atoms with Crippen LogP contribution in [0.15, 0.2) is 40.3 Å². The molecule has 7 nitrogen and oxygen atoms in total. The van der Waals surface area contributed by atoms with Crippen LogP contribution in [-0.4, -0.2) is 38.6 Å². The third kappa shape index (κ3) is 4.66. The molecule has 1 aliphatic rings. The number of Topliss-reactive ketones (excluding diaryl/α,β-unsaturated/α-hetero) is 1. The molecule has 37 heavy (non-hydrogen) atoms. The Morgan fingerprint density at radius 2 is 2.00 bits per heavy atom. The molecule has 0 aliphatic heterocycles. The number of nitrogens with zero attached hydrogens (tertiary/aromatic N) is 2. The molecule has 0 spiro atoms. The van der Waals surface area contributed by atoms with Gasteiger partial charge in [-0.1, -0.05) is 36.9 Å². The molecule has 3 heterocycles. The van der Waals surface area contributed by atoms with Crippen molar-refractivity contribution in [3.8, 4) is 5.69 Å². The standard InChI is InChI=1S/C28H29N3O4S2/c1-5-35-27(34)22-16(3)24(29-17(22)4)20(32)14-36-28-30-25-23(19-12-11-15(2)13-21(19)37-25)26(33)31(28)18-9-7-6-8-10-18/h6-10,15,29H,5,11-14H2,1-4H3. The fourth-order valence-corrected chi connectivity index (χ4v) is 7.32. The molecule has 1 atom stereocenters. The zero-order valence-corrected chi connectivity index (χ0v) is 23.0. The number of aromatic amines is 1. The highest BCUT2D eigenvalue weighted by Gasteiger charge is 2.27. The maximum absolute atomic E-state index is 13.9. The van der Waals surface area contributed by atoms with Gasteiger partial charge in [0.25, 0.3) is 5.56 Å². The minimum absolute atomic E-state index is 0.0654. The molecule has 9 heteroatoms. The van der Waals surface area contributed by atoms with Crippen LogP contribution in [0.4, 0.5) is 0 Å². The summed E-state index contributed by atoms with van der Waals surface area (Å²) in [5.74, 6) is 0.0434. The monoisotopic (exact) mass is 535 g/mol. The quantitative estimate of drug-likeness (QED) is 0.142. The maximum Gasteiger partial charge on any atom is 0.340 e. The molecular weight excluding hydrogens is 506 g/mol. The minimum atomic E-state index is -0.443.